The van der Waals surface area contributed by atoms with E-state index in [1.54, 1.807) is 32.2 Å². The Kier molecular flexibility index (Phi) is 5.41. The molecule has 6 heteroatoms. The van der Waals surface area contributed by atoms with E-state index in [2.05, 4.69) is 0 Å². The van der Waals surface area contributed by atoms with Gasteiger partial charge in [-0.1, -0.05) is 18.2 Å². The van der Waals surface area contributed by atoms with E-state index < -0.39 is 12.1 Å². The van der Waals surface area contributed by atoms with E-state index >= 15 is 0 Å². The number of para-hydroxylation sites is 1. The lowest BCUT2D eigenvalue weighted by atomic mass is 10.2. The molecule has 0 bridgehead atoms. The van der Waals surface area contributed by atoms with E-state index in [1.807, 2.05) is 30.3 Å². The quantitative estimate of drug-likeness (QED) is 0.789. The second-order valence-corrected chi connectivity index (χ2v) is 5.99. The first-order valence-corrected chi connectivity index (χ1v) is 8.49. The van der Waals surface area contributed by atoms with Crippen LogP contribution in [0, 0.1) is 0 Å². The summed E-state index contributed by atoms with van der Waals surface area (Å²) in [6, 6.07) is 14.1. The number of carbonyl (C=O) groups is 2. The predicted octanol–water partition coefficient (Wildman–Crippen LogP) is 3.06. The van der Waals surface area contributed by atoms with Gasteiger partial charge in [0.15, 0.2) is 17.6 Å². The highest BCUT2D eigenvalue weighted by molar-refractivity contribution is 5.98. The second-order valence-electron chi connectivity index (χ2n) is 5.99. The molecule has 0 aromatic heterocycles. The number of benzene rings is 2. The molecule has 2 aromatic rings. The lowest BCUT2D eigenvalue weighted by Gasteiger charge is -2.21. The SMILES string of the molecule is C[C@H](OC(=O)c1ccc2c(c1)OCCCO2)C(=O)N(C)c1ccccc1. The Morgan fingerprint density at radius 1 is 1.04 bits per heavy atom. The van der Waals surface area contributed by atoms with Crippen molar-refractivity contribution in [3.63, 3.8) is 0 Å². The number of fused-ring (bicyclic) bond motifs is 1. The number of esters is 1. The van der Waals surface area contributed by atoms with Crippen molar-refractivity contribution >= 4 is 17.6 Å². The zero-order chi connectivity index (χ0) is 18.5. The van der Waals surface area contributed by atoms with E-state index in [0.717, 1.165) is 12.1 Å². The van der Waals surface area contributed by atoms with Gasteiger partial charge in [-0.15, -0.1) is 0 Å². The molecule has 0 saturated carbocycles. The van der Waals surface area contributed by atoms with Gasteiger partial charge in [0.25, 0.3) is 5.91 Å². The fraction of sp³-hybridized carbons (Fsp3) is 0.300. The van der Waals surface area contributed by atoms with Crippen LogP contribution >= 0.6 is 0 Å². The van der Waals surface area contributed by atoms with Gasteiger partial charge in [0.05, 0.1) is 18.8 Å². The summed E-state index contributed by atoms with van der Waals surface area (Å²) in [5, 5.41) is 0. The monoisotopic (exact) mass is 355 g/mol. The molecule has 0 unspecified atom stereocenters. The molecule has 1 aliphatic heterocycles. The van der Waals surface area contributed by atoms with Crippen LogP contribution in [0.4, 0.5) is 5.69 Å². The summed E-state index contributed by atoms with van der Waals surface area (Å²) >= 11 is 0. The molecule has 26 heavy (non-hydrogen) atoms. The molecule has 6 nitrogen and oxygen atoms in total. The van der Waals surface area contributed by atoms with Crippen molar-refractivity contribution in [1.82, 2.24) is 0 Å². The maximum atomic E-state index is 12.5. The van der Waals surface area contributed by atoms with Crippen LogP contribution in [0.1, 0.15) is 23.7 Å². The number of hydrogen-bond donors (Lipinski definition) is 0. The van der Waals surface area contributed by atoms with E-state index in [1.165, 1.54) is 4.90 Å². The Morgan fingerprint density at radius 2 is 1.73 bits per heavy atom. The van der Waals surface area contributed by atoms with Crippen molar-refractivity contribution in [3.05, 3.63) is 54.1 Å². The molecule has 1 heterocycles. The van der Waals surface area contributed by atoms with Crippen LogP contribution in [-0.4, -0.2) is 38.2 Å². The van der Waals surface area contributed by atoms with Crippen LogP contribution in [0.2, 0.25) is 0 Å². The largest absolute Gasteiger partial charge is 0.490 e. The fourth-order valence-electron chi connectivity index (χ4n) is 2.62. The summed E-state index contributed by atoms with van der Waals surface area (Å²) in [6.45, 7) is 2.67. The van der Waals surface area contributed by atoms with Gasteiger partial charge in [0, 0.05) is 19.2 Å². The number of anilines is 1. The fourth-order valence-corrected chi connectivity index (χ4v) is 2.62. The Labute approximate surface area is 152 Å². The van der Waals surface area contributed by atoms with Gasteiger partial charge in [-0.05, 0) is 37.3 Å². The van der Waals surface area contributed by atoms with Crippen LogP contribution in [0.15, 0.2) is 48.5 Å². The number of ether oxygens (including phenoxy) is 3. The minimum Gasteiger partial charge on any atom is -0.490 e. The molecule has 0 aliphatic carbocycles. The number of carbonyl (C=O) groups excluding carboxylic acids is 2. The summed E-state index contributed by atoms with van der Waals surface area (Å²) in [6.07, 6.45) is -0.130. The summed E-state index contributed by atoms with van der Waals surface area (Å²) < 4.78 is 16.5. The maximum Gasteiger partial charge on any atom is 0.339 e. The smallest absolute Gasteiger partial charge is 0.339 e. The molecule has 136 valence electrons. The molecule has 0 fully saturated rings. The van der Waals surface area contributed by atoms with E-state index in [0.29, 0.717) is 30.3 Å². The normalized spacial score (nSPS) is 14.1. The highest BCUT2D eigenvalue weighted by Crippen LogP contribution is 2.30. The third kappa shape index (κ3) is 3.96. The molecule has 2 aromatic carbocycles. The lowest BCUT2D eigenvalue weighted by Crippen LogP contribution is -2.37. The van der Waals surface area contributed by atoms with E-state index in [4.69, 9.17) is 14.2 Å². The van der Waals surface area contributed by atoms with Crippen molar-refractivity contribution in [2.24, 2.45) is 0 Å². The minimum atomic E-state index is -0.913. The maximum absolute atomic E-state index is 12.5. The Hall–Kier alpha value is -3.02. The zero-order valence-corrected chi connectivity index (χ0v) is 14.8. The third-order valence-electron chi connectivity index (χ3n) is 4.09. The van der Waals surface area contributed by atoms with E-state index in [-0.39, 0.29) is 5.91 Å². The van der Waals surface area contributed by atoms with Crippen LogP contribution in [0.25, 0.3) is 0 Å². The van der Waals surface area contributed by atoms with E-state index in [9.17, 15) is 9.59 Å². The van der Waals surface area contributed by atoms with Gasteiger partial charge in [-0.25, -0.2) is 4.79 Å². The summed E-state index contributed by atoms with van der Waals surface area (Å²) in [5.41, 5.74) is 1.05. The third-order valence-corrected chi connectivity index (χ3v) is 4.09. The number of nitrogens with zero attached hydrogens (tertiary/aromatic N) is 1. The van der Waals surface area contributed by atoms with Crippen LogP contribution in [0.5, 0.6) is 11.5 Å². The van der Waals surface area contributed by atoms with Crippen molar-refractivity contribution in [3.8, 4) is 11.5 Å². The van der Waals surface area contributed by atoms with Gasteiger partial charge in [-0.3, -0.25) is 4.79 Å². The van der Waals surface area contributed by atoms with Gasteiger partial charge in [0.2, 0.25) is 0 Å². The summed E-state index contributed by atoms with van der Waals surface area (Å²) in [4.78, 5) is 26.4. The van der Waals surface area contributed by atoms with Crippen molar-refractivity contribution in [1.29, 1.82) is 0 Å². The molecule has 1 aliphatic rings. The molecule has 0 N–H and O–H groups in total. The van der Waals surface area contributed by atoms with Crippen LogP contribution in [0.3, 0.4) is 0 Å². The molecule has 1 atom stereocenters. The standard InChI is InChI=1S/C20H21NO5/c1-14(19(22)21(2)16-7-4-3-5-8-16)26-20(23)15-9-10-17-18(13-15)25-12-6-11-24-17/h3-5,7-10,13-14H,6,11-12H2,1-2H3/t14-/m0/s1. The minimum absolute atomic E-state index is 0.307. The lowest BCUT2D eigenvalue weighted by molar-refractivity contribution is -0.126. The average molecular weight is 355 g/mol. The van der Waals surface area contributed by atoms with Crippen LogP contribution < -0.4 is 14.4 Å². The van der Waals surface area contributed by atoms with Gasteiger partial charge >= 0.3 is 5.97 Å². The molecular formula is C20H21NO5. The predicted molar refractivity (Wildman–Crippen MR) is 96.8 cm³/mol. The Bertz CT molecular complexity index is 790. The molecule has 0 spiro atoms. The van der Waals surface area contributed by atoms with Crippen LogP contribution in [-0.2, 0) is 9.53 Å². The highest BCUT2D eigenvalue weighted by Gasteiger charge is 2.24. The molecule has 0 saturated heterocycles. The van der Waals surface area contributed by atoms with Crippen molar-refractivity contribution in [2.75, 3.05) is 25.2 Å². The zero-order valence-electron chi connectivity index (χ0n) is 14.8. The first kappa shape index (κ1) is 17.8. The molecule has 1 amide bonds. The van der Waals surface area contributed by atoms with Crippen molar-refractivity contribution in [2.45, 2.75) is 19.4 Å². The first-order chi connectivity index (χ1) is 12.6. The summed E-state index contributed by atoms with van der Waals surface area (Å²) in [7, 11) is 1.65. The summed E-state index contributed by atoms with van der Waals surface area (Å²) in [5.74, 6) is 0.228. The molecule has 3 rings (SSSR count). The number of amides is 1. The van der Waals surface area contributed by atoms with Gasteiger partial charge in [0.1, 0.15) is 0 Å². The Balaban J connectivity index is 1.67. The second kappa shape index (κ2) is 7.91. The van der Waals surface area contributed by atoms with Gasteiger partial charge in [-0.2, -0.15) is 0 Å². The van der Waals surface area contributed by atoms with Gasteiger partial charge < -0.3 is 19.1 Å². The highest BCUT2D eigenvalue weighted by atomic mass is 16.5. The van der Waals surface area contributed by atoms with Crippen molar-refractivity contribution < 1.29 is 23.8 Å². The average Bonchev–Trinajstić information content (AvgIpc) is 2.92. The number of hydrogen-bond acceptors (Lipinski definition) is 5. The Morgan fingerprint density at radius 3 is 2.46 bits per heavy atom. The topological polar surface area (TPSA) is 65.1 Å². The molecule has 0 radical (unpaired) electrons. The first-order valence-electron chi connectivity index (χ1n) is 8.49. The number of likely N-dealkylation sites (N-methyl/N-ethyl adjacent to an activating group) is 1. The number of rotatable bonds is 4. The molecular weight excluding hydrogens is 334 g/mol.